The average Bonchev–Trinajstić information content (AvgIpc) is 2.68. The molecular formula is C21H17Cl3N2O3S. The number of aryl methyl sites for hydroxylation is 1. The molecular weight excluding hydrogens is 467 g/mol. The summed E-state index contributed by atoms with van der Waals surface area (Å²) >= 11 is 18.1. The smallest absolute Gasteiger partial charge is 0.262 e. The number of rotatable bonds is 6. The number of benzene rings is 3. The maximum absolute atomic E-state index is 12.8. The molecule has 0 aliphatic carbocycles. The lowest BCUT2D eigenvalue weighted by Crippen LogP contribution is -2.17. The van der Waals surface area contributed by atoms with Crippen LogP contribution in [0.3, 0.4) is 0 Å². The van der Waals surface area contributed by atoms with Gasteiger partial charge >= 0.3 is 0 Å². The minimum atomic E-state index is -3.87. The Morgan fingerprint density at radius 2 is 1.50 bits per heavy atom. The monoisotopic (exact) mass is 482 g/mol. The first-order valence-electron chi connectivity index (χ1n) is 8.77. The van der Waals surface area contributed by atoms with Gasteiger partial charge in [-0.2, -0.15) is 0 Å². The zero-order valence-corrected chi connectivity index (χ0v) is 18.8. The number of sulfonamides is 1. The standard InChI is InChI=1S/C21H17Cl3N2O3S/c1-13-5-8-16(25-21(27)12-17-18(23)3-2-4-19(17)24)11-20(13)30(28,29)26-15-9-6-14(22)7-10-15/h2-11,26H,12H2,1H3,(H,25,27). The Balaban J connectivity index is 1.80. The third kappa shape index (κ3) is 5.46. The highest BCUT2D eigenvalue weighted by atomic mass is 35.5. The minimum Gasteiger partial charge on any atom is -0.326 e. The maximum Gasteiger partial charge on any atom is 0.262 e. The van der Waals surface area contributed by atoms with Crippen molar-refractivity contribution in [3.05, 3.63) is 86.9 Å². The second-order valence-corrected chi connectivity index (χ2v) is 9.42. The van der Waals surface area contributed by atoms with Crippen LogP contribution in [-0.2, 0) is 21.2 Å². The highest BCUT2D eigenvalue weighted by Crippen LogP contribution is 2.26. The first kappa shape index (κ1) is 22.4. The fourth-order valence-corrected chi connectivity index (χ4v) is 4.75. The lowest BCUT2D eigenvalue weighted by molar-refractivity contribution is -0.115. The zero-order valence-electron chi connectivity index (χ0n) is 15.7. The lowest BCUT2D eigenvalue weighted by Gasteiger charge is -2.13. The normalized spacial score (nSPS) is 11.2. The number of nitrogens with one attached hydrogen (secondary N) is 2. The summed E-state index contributed by atoms with van der Waals surface area (Å²) in [6.45, 7) is 1.67. The van der Waals surface area contributed by atoms with Gasteiger partial charge in [0.2, 0.25) is 5.91 Å². The van der Waals surface area contributed by atoms with E-state index in [2.05, 4.69) is 10.0 Å². The van der Waals surface area contributed by atoms with Crippen LogP contribution in [0.4, 0.5) is 11.4 Å². The molecule has 0 unspecified atom stereocenters. The molecule has 0 fully saturated rings. The van der Waals surface area contributed by atoms with E-state index in [1.165, 1.54) is 6.07 Å². The topological polar surface area (TPSA) is 75.3 Å². The molecule has 0 heterocycles. The second-order valence-electron chi connectivity index (χ2n) is 6.52. The molecule has 3 rings (SSSR count). The molecule has 9 heteroatoms. The zero-order chi connectivity index (χ0) is 21.9. The van der Waals surface area contributed by atoms with Crippen LogP contribution >= 0.6 is 34.8 Å². The molecule has 0 saturated heterocycles. The van der Waals surface area contributed by atoms with Crippen molar-refractivity contribution in [2.45, 2.75) is 18.2 Å². The van der Waals surface area contributed by atoms with Gasteiger partial charge in [0, 0.05) is 26.4 Å². The van der Waals surface area contributed by atoms with Gasteiger partial charge in [-0.3, -0.25) is 9.52 Å². The molecule has 0 aromatic heterocycles. The van der Waals surface area contributed by atoms with Crippen LogP contribution in [0.25, 0.3) is 0 Å². The van der Waals surface area contributed by atoms with E-state index in [4.69, 9.17) is 34.8 Å². The molecule has 0 spiro atoms. The van der Waals surface area contributed by atoms with Crippen molar-refractivity contribution in [2.24, 2.45) is 0 Å². The summed E-state index contributed by atoms with van der Waals surface area (Å²) in [5, 5.41) is 3.96. The highest BCUT2D eigenvalue weighted by molar-refractivity contribution is 7.92. The van der Waals surface area contributed by atoms with Crippen molar-refractivity contribution < 1.29 is 13.2 Å². The second kappa shape index (κ2) is 9.27. The molecule has 1 amide bonds. The maximum atomic E-state index is 12.8. The van der Waals surface area contributed by atoms with Crippen LogP contribution in [0, 0.1) is 6.92 Å². The van der Waals surface area contributed by atoms with Gasteiger partial charge in [0.25, 0.3) is 10.0 Å². The Kier molecular flexibility index (Phi) is 6.93. The minimum absolute atomic E-state index is 0.0442. The summed E-state index contributed by atoms with van der Waals surface area (Å²) in [6, 6.07) is 15.9. The van der Waals surface area contributed by atoms with E-state index in [0.29, 0.717) is 37.6 Å². The predicted octanol–water partition coefficient (Wildman–Crippen LogP) is 5.94. The Morgan fingerprint density at radius 3 is 2.13 bits per heavy atom. The lowest BCUT2D eigenvalue weighted by atomic mass is 10.1. The van der Waals surface area contributed by atoms with Crippen molar-refractivity contribution in [3.8, 4) is 0 Å². The summed E-state index contributed by atoms with van der Waals surface area (Å²) in [5.41, 5.74) is 1.75. The van der Waals surface area contributed by atoms with Crippen molar-refractivity contribution in [1.82, 2.24) is 0 Å². The first-order valence-corrected chi connectivity index (χ1v) is 11.4. The largest absolute Gasteiger partial charge is 0.326 e. The Hall–Kier alpha value is -2.25. The first-order chi connectivity index (χ1) is 14.2. The summed E-state index contributed by atoms with van der Waals surface area (Å²) in [4.78, 5) is 12.5. The molecule has 30 heavy (non-hydrogen) atoms. The van der Waals surface area contributed by atoms with Gasteiger partial charge in [0.15, 0.2) is 0 Å². The van der Waals surface area contributed by atoms with E-state index < -0.39 is 10.0 Å². The molecule has 0 atom stereocenters. The summed E-state index contributed by atoms with van der Waals surface area (Å²) in [6.07, 6.45) is -0.0442. The average molecular weight is 484 g/mol. The van der Waals surface area contributed by atoms with E-state index in [-0.39, 0.29) is 17.2 Å². The van der Waals surface area contributed by atoms with E-state index in [0.717, 1.165) is 0 Å². The summed E-state index contributed by atoms with van der Waals surface area (Å²) < 4.78 is 28.2. The highest BCUT2D eigenvalue weighted by Gasteiger charge is 2.19. The van der Waals surface area contributed by atoms with Crippen molar-refractivity contribution in [1.29, 1.82) is 0 Å². The van der Waals surface area contributed by atoms with E-state index in [1.54, 1.807) is 61.5 Å². The molecule has 2 N–H and O–H groups in total. The van der Waals surface area contributed by atoms with Gasteiger partial charge in [-0.1, -0.05) is 46.9 Å². The number of hydrogen-bond acceptors (Lipinski definition) is 3. The van der Waals surface area contributed by atoms with E-state index >= 15 is 0 Å². The van der Waals surface area contributed by atoms with Crippen molar-refractivity contribution >= 4 is 62.1 Å². The van der Waals surface area contributed by atoms with Gasteiger partial charge in [-0.05, 0) is 66.6 Å². The van der Waals surface area contributed by atoms with Crippen LogP contribution < -0.4 is 10.0 Å². The van der Waals surface area contributed by atoms with E-state index in [1.807, 2.05) is 0 Å². The van der Waals surface area contributed by atoms with Crippen molar-refractivity contribution in [2.75, 3.05) is 10.0 Å². The van der Waals surface area contributed by atoms with Gasteiger partial charge < -0.3 is 5.32 Å². The number of hydrogen-bond donors (Lipinski definition) is 2. The summed E-state index contributed by atoms with van der Waals surface area (Å²) in [7, 11) is -3.87. The van der Waals surface area contributed by atoms with Crippen LogP contribution in [0.5, 0.6) is 0 Å². The van der Waals surface area contributed by atoms with Crippen LogP contribution in [0.15, 0.2) is 65.6 Å². The van der Waals surface area contributed by atoms with Crippen LogP contribution in [0.2, 0.25) is 15.1 Å². The number of carbonyl (C=O) groups is 1. The quantitative estimate of drug-likeness (QED) is 0.456. The molecule has 3 aromatic rings. The van der Waals surface area contributed by atoms with Crippen LogP contribution in [-0.4, -0.2) is 14.3 Å². The van der Waals surface area contributed by atoms with E-state index in [9.17, 15) is 13.2 Å². The predicted molar refractivity (Wildman–Crippen MR) is 122 cm³/mol. The van der Waals surface area contributed by atoms with Gasteiger partial charge in [0.05, 0.1) is 11.3 Å². The fraction of sp³-hybridized carbons (Fsp3) is 0.0952. The molecule has 3 aromatic carbocycles. The van der Waals surface area contributed by atoms with Gasteiger partial charge in [-0.25, -0.2) is 8.42 Å². The summed E-state index contributed by atoms with van der Waals surface area (Å²) in [5.74, 6) is -0.372. The Morgan fingerprint density at radius 1 is 0.900 bits per heavy atom. The third-order valence-electron chi connectivity index (χ3n) is 4.26. The Bertz CT molecular complexity index is 1180. The Labute approximate surface area is 190 Å². The number of anilines is 2. The van der Waals surface area contributed by atoms with Crippen LogP contribution in [0.1, 0.15) is 11.1 Å². The third-order valence-corrected chi connectivity index (χ3v) is 6.74. The fourth-order valence-electron chi connectivity index (χ4n) is 2.76. The number of carbonyl (C=O) groups excluding carboxylic acids is 1. The SMILES string of the molecule is Cc1ccc(NC(=O)Cc2c(Cl)cccc2Cl)cc1S(=O)(=O)Nc1ccc(Cl)cc1. The van der Waals surface area contributed by atoms with Gasteiger partial charge in [-0.15, -0.1) is 0 Å². The number of halogens is 3. The van der Waals surface area contributed by atoms with Gasteiger partial charge in [0.1, 0.15) is 0 Å². The van der Waals surface area contributed by atoms with Crippen molar-refractivity contribution in [3.63, 3.8) is 0 Å². The molecule has 0 aliphatic heterocycles. The number of amides is 1. The molecule has 156 valence electrons. The molecule has 0 aliphatic rings. The molecule has 0 saturated carbocycles. The molecule has 5 nitrogen and oxygen atoms in total. The molecule has 0 radical (unpaired) electrons. The molecule has 0 bridgehead atoms.